The van der Waals surface area contributed by atoms with Crippen molar-refractivity contribution in [1.29, 1.82) is 0 Å². The van der Waals surface area contributed by atoms with Gasteiger partial charge in [0.25, 0.3) is 5.56 Å². The fraction of sp³-hybridized carbons (Fsp3) is 0.154. The van der Waals surface area contributed by atoms with Crippen LogP contribution in [-0.2, 0) is 13.1 Å². The predicted molar refractivity (Wildman–Crippen MR) is 134 cm³/mol. The molecule has 172 valence electrons. The molecule has 0 spiro atoms. The summed E-state index contributed by atoms with van der Waals surface area (Å²) >= 11 is 5.70. The van der Waals surface area contributed by atoms with Gasteiger partial charge < -0.3 is 24.7 Å². The fourth-order valence-corrected chi connectivity index (χ4v) is 4.13. The summed E-state index contributed by atoms with van der Waals surface area (Å²) in [5.74, 6) is 1.05. The Morgan fingerprint density at radius 1 is 1.03 bits per heavy atom. The maximum atomic E-state index is 13.3. The molecule has 1 aliphatic heterocycles. The first-order valence-electron chi connectivity index (χ1n) is 10.8. The van der Waals surface area contributed by atoms with E-state index < -0.39 is 0 Å². The quantitative estimate of drug-likeness (QED) is 0.392. The van der Waals surface area contributed by atoms with Crippen LogP contribution < -0.4 is 20.3 Å². The molecule has 0 aliphatic carbocycles. The second-order valence-electron chi connectivity index (χ2n) is 8.20. The number of thiocarbonyl (C=S) groups is 1. The molecule has 6 nitrogen and oxygen atoms in total. The lowest BCUT2D eigenvalue weighted by Gasteiger charge is -2.26. The maximum Gasteiger partial charge on any atom is 0.253 e. The third-order valence-electron chi connectivity index (χ3n) is 5.63. The van der Waals surface area contributed by atoms with Crippen molar-refractivity contribution in [2.45, 2.75) is 20.0 Å². The molecular formula is C26H22FN3O3S. The van der Waals surface area contributed by atoms with Crippen LogP contribution in [0.1, 0.15) is 16.7 Å². The highest BCUT2D eigenvalue weighted by Crippen LogP contribution is 2.33. The van der Waals surface area contributed by atoms with E-state index in [9.17, 15) is 9.18 Å². The van der Waals surface area contributed by atoms with Gasteiger partial charge in [-0.05, 0) is 84.2 Å². The third kappa shape index (κ3) is 4.72. The van der Waals surface area contributed by atoms with Crippen LogP contribution >= 0.6 is 12.2 Å². The summed E-state index contributed by atoms with van der Waals surface area (Å²) in [6.07, 6.45) is 0. The molecule has 34 heavy (non-hydrogen) atoms. The number of halogens is 1. The number of nitrogens with zero attached hydrogens (tertiary/aromatic N) is 1. The highest BCUT2D eigenvalue weighted by molar-refractivity contribution is 7.80. The van der Waals surface area contributed by atoms with Gasteiger partial charge in [-0.2, -0.15) is 0 Å². The van der Waals surface area contributed by atoms with Crippen LogP contribution in [0.4, 0.5) is 10.1 Å². The van der Waals surface area contributed by atoms with E-state index in [0.29, 0.717) is 34.4 Å². The fourth-order valence-electron chi connectivity index (χ4n) is 3.88. The van der Waals surface area contributed by atoms with E-state index in [4.69, 9.17) is 21.7 Å². The van der Waals surface area contributed by atoms with Crippen LogP contribution in [0.3, 0.4) is 0 Å². The summed E-state index contributed by atoms with van der Waals surface area (Å²) in [6, 6.07) is 19.5. The molecule has 0 unspecified atom stereocenters. The molecule has 0 saturated heterocycles. The van der Waals surface area contributed by atoms with Crippen molar-refractivity contribution in [3.63, 3.8) is 0 Å². The van der Waals surface area contributed by atoms with E-state index in [0.717, 1.165) is 22.0 Å². The van der Waals surface area contributed by atoms with E-state index in [1.54, 1.807) is 12.1 Å². The maximum absolute atomic E-state index is 13.3. The Morgan fingerprint density at radius 3 is 2.65 bits per heavy atom. The monoisotopic (exact) mass is 475 g/mol. The summed E-state index contributed by atoms with van der Waals surface area (Å²) in [5, 5.41) is 4.50. The number of hydrogen-bond donors (Lipinski definition) is 2. The topological polar surface area (TPSA) is 66.6 Å². The molecule has 0 fully saturated rings. The van der Waals surface area contributed by atoms with E-state index in [2.05, 4.69) is 10.3 Å². The van der Waals surface area contributed by atoms with E-state index >= 15 is 0 Å². The van der Waals surface area contributed by atoms with Gasteiger partial charge in [0, 0.05) is 23.3 Å². The van der Waals surface area contributed by atoms with Gasteiger partial charge in [0.05, 0.1) is 6.54 Å². The van der Waals surface area contributed by atoms with Crippen molar-refractivity contribution in [3.8, 4) is 11.5 Å². The van der Waals surface area contributed by atoms with E-state index in [1.165, 1.54) is 12.1 Å². The number of anilines is 1. The van der Waals surface area contributed by atoms with Gasteiger partial charge in [0.2, 0.25) is 6.79 Å². The normalized spacial score (nSPS) is 12.1. The first-order chi connectivity index (χ1) is 16.4. The highest BCUT2D eigenvalue weighted by Gasteiger charge is 2.18. The zero-order valence-electron chi connectivity index (χ0n) is 18.4. The summed E-state index contributed by atoms with van der Waals surface area (Å²) in [5.41, 5.74) is 3.89. The van der Waals surface area contributed by atoms with Gasteiger partial charge in [-0.3, -0.25) is 4.79 Å². The van der Waals surface area contributed by atoms with Gasteiger partial charge in [-0.15, -0.1) is 0 Å². The molecule has 8 heteroatoms. The average Bonchev–Trinajstić information content (AvgIpc) is 3.28. The largest absolute Gasteiger partial charge is 0.454 e. The number of H-pyrrole nitrogens is 1. The number of aryl methyl sites for hydroxylation is 1. The molecule has 0 radical (unpaired) electrons. The van der Waals surface area contributed by atoms with Gasteiger partial charge in [-0.25, -0.2) is 4.39 Å². The summed E-state index contributed by atoms with van der Waals surface area (Å²) in [6.45, 7) is 2.88. The summed E-state index contributed by atoms with van der Waals surface area (Å²) in [7, 11) is 0. The number of aromatic nitrogens is 1. The zero-order valence-corrected chi connectivity index (χ0v) is 19.2. The zero-order chi connectivity index (χ0) is 23.7. The Hall–Kier alpha value is -3.91. The lowest BCUT2D eigenvalue weighted by molar-refractivity contribution is 0.174. The first-order valence-corrected chi connectivity index (χ1v) is 11.2. The van der Waals surface area contributed by atoms with Crippen LogP contribution in [0.25, 0.3) is 10.9 Å². The van der Waals surface area contributed by atoms with Gasteiger partial charge in [-0.1, -0.05) is 18.2 Å². The minimum Gasteiger partial charge on any atom is -0.454 e. The summed E-state index contributed by atoms with van der Waals surface area (Å²) in [4.78, 5) is 17.7. The third-order valence-corrected chi connectivity index (χ3v) is 5.99. The van der Waals surface area contributed by atoms with Crippen LogP contribution in [0, 0.1) is 12.7 Å². The molecule has 0 saturated carbocycles. The lowest BCUT2D eigenvalue weighted by atomic mass is 10.1. The van der Waals surface area contributed by atoms with Gasteiger partial charge in [0.15, 0.2) is 16.6 Å². The smallest absolute Gasteiger partial charge is 0.253 e. The Labute approximate surface area is 200 Å². The molecule has 0 amide bonds. The van der Waals surface area contributed by atoms with Crippen molar-refractivity contribution in [3.05, 3.63) is 99.6 Å². The number of fused-ring (bicyclic) bond motifs is 2. The molecule has 1 aromatic heterocycles. The van der Waals surface area contributed by atoms with Crippen molar-refractivity contribution in [1.82, 2.24) is 9.88 Å². The number of benzene rings is 3. The van der Waals surface area contributed by atoms with Crippen molar-refractivity contribution in [2.24, 2.45) is 0 Å². The number of pyridine rings is 1. The number of hydrogen-bond acceptors (Lipinski definition) is 4. The number of nitrogens with one attached hydrogen (secondary N) is 2. The van der Waals surface area contributed by atoms with Gasteiger partial charge in [0.1, 0.15) is 5.82 Å². The SMILES string of the molecule is Cc1ccc2cc(CN(Cc3ccc4c(c3)OCO4)C(=S)Nc3ccc(F)cc3)c(=O)[nH]c2c1. The highest BCUT2D eigenvalue weighted by atomic mass is 32.1. The summed E-state index contributed by atoms with van der Waals surface area (Å²) < 4.78 is 24.2. The standard InChI is InChI=1S/C26H22FN3O3S/c1-16-2-4-18-12-19(25(31)29-22(18)10-16)14-30(26(34)28-21-7-5-20(27)6-8-21)13-17-3-9-23-24(11-17)33-15-32-23/h2-12H,13-15H2,1H3,(H,28,34)(H,29,31). The number of rotatable bonds is 5. The van der Waals surface area contributed by atoms with Crippen molar-refractivity contribution < 1.29 is 13.9 Å². The molecule has 0 bridgehead atoms. The van der Waals surface area contributed by atoms with Crippen molar-refractivity contribution in [2.75, 3.05) is 12.1 Å². The predicted octanol–water partition coefficient (Wildman–Crippen LogP) is 5.10. The Kier molecular flexibility index (Phi) is 5.90. The molecule has 0 atom stereocenters. The molecule has 2 N–H and O–H groups in total. The van der Waals surface area contributed by atoms with E-state index in [-0.39, 0.29) is 24.7 Å². The minimum absolute atomic E-state index is 0.168. The van der Waals surface area contributed by atoms with Crippen LogP contribution in [0.5, 0.6) is 11.5 Å². The lowest BCUT2D eigenvalue weighted by Crippen LogP contribution is -2.35. The molecule has 1 aliphatic rings. The minimum atomic E-state index is -0.327. The Bertz CT molecular complexity index is 1440. The molecule has 5 rings (SSSR count). The average molecular weight is 476 g/mol. The van der Waals surface area contributed by atoms with E-state index in [1.807, 2.05) is 54.3 Å². The Morgan fingerprint density at radius 2 is 1.82 bits per heavy atom. The van der Waals surface area contributed by atoms with Gasteiger partial charge >= 0.3 is 0 Å². The van der Waals surface area contributed by atoms with Crippen LogP contribution in [0.2, 0.25) is 0 Å². The Balaban J connectivity index is 1.45. The van der Waals surface area contributed by atoms with Crippen molar-refractivity contribution >= 4 is 33.9 Å². The molecule has 4 aromatic rings. The molecule has 3 aromatic carbocycles. The first kappa shape index (κ1) is 21.9. The van der Waals surface area contributed by atoms with Crippen LogP contribution in [0.15, 0.2) is 71.5 Å². The molecule has 2 heterocycles. The molecular weight excluding hydrogens is 453 g/mol. The number of ether oxygens (including phenoxy) is 2. The number of aromatic amines is 1. The van der Waals surface area contributed by atoms with Crippen LogP contribution in [-0.4, -0.2) is 21.8 Å². The second kappa shape index (κ2) is 9.15. The second-order valence-corrected chi connectivity index (χ2v) is 8.58.